The van der Waals surface area contributed by atoms with Crippen molar-refractivity contribution in [1.29, 1.82) is 0 Å². The summed E-state index contributed by atoms with van der Waals surface area (Å²) < 4.78 is 0. The predicted molar refractivity (Wildman–Crippen MR) is 53.0 cm³/mol. The van der Waals surface area contributed by atoms with E-state index in [2.05, 4.69) is 6.07 Å². The Morgan fingerprint density at radius 3 is 2.77 bits per heavy atom. The monoisotopic (exact) mass is 187 g/mol. The summed E-state index contributed by atoms with van der Waals surface area (Å²) in [6.45, 7) is 0. The summed E-state index contributed by atoms with van der Waals surface area (Å²) in [5.74, 6) is 0.0515. The third-order valence-corrected chi connectivity index (χ3v) is 2.57. The number of thiophene rings is 1. The lowest BCUT2D eigenvalue weighted by Crippen LogP contribution is -1.97. The Balaban J connectivity index is 2.34. The van der Waals surface area contributed by atoms with E-state index in [1.807, 2.05) is 29.6 Å². The number of hydrogen-bond acceptors (Lipinski definition) is 2. The van der Waals surface area contributed by atoms with Gasteiger partial charge in [-0.1, -0.05) is 30.3 Å². The van der Waals surface area contributed by atoms with Gasteiger partial charge in [-0.3, -0.25) is 4.79 Å². The summed E-state index contributed by atoms with van der Waals surface area (Å²) in [4.78, 5) is 12.5. The summed E-state index contributed by atoms with van der Waals surface area (Å²) in [6.07, 6.45) is 0. The topological polar surface area (TPSA) is 17.1 Å². The predicted octanol–water partition coefficient (Wildman–Crippen LogP) is 2.78. The van der Waals surface area contributed by atoms with Crippen molar-refractivity contribution >= 4 is 17.1 Å². The molecule has 2 aromatic rings. The van der Waals surface area contributed by atoms with Gasteiger partial charge in [-0.25, -0.2) is 0 Å². The van der Waals surface area contributed by atoms with Gasteiger partial charge in [0.25, 0.3) is 0 Å². The normalized spacial score (nSPS) is 9.85. The van der Waals surface area contributed by atoms with Gasteiger partial charge in [0.1, 0.15) is 0 Å². The molecule has 0 aliphatic heterocycles. The second-order valence-electron chi connectivity index (χ2n) is 2.58. The van der Waals surface area contributed by atoms with Gasteiger partial charge in [-0.05, 0) is 17.5 Å². The van der Waals surface area contributed by atoms with Gasteiger partial charge in [-0.2, -0.15) is 0 Å². The number of carbonyl (C=O) groups is 1. The second-order valence-corrected chi connectivity index (χ2v) is 3.53. The molecular formula is C11H7OS. The van der Waals surface area contributed by atoms with Gasteiger partial charge in [0.2, 0.25) is 5.78 Å². The molecule has 0 fully saturated rings. The van der Waals surface area contributed by atoms with Crippen LogP contribution in [0.1, 0.15) is 15.2 Å². The fourth-order valence-corrected chi connectivity index (χ4v) is 1.75. The Kier molecular flexibility index (Phi) is 2.23. The van der Waals surface area contributed by atoms with E-state index >= 15 is 0 Å². The van der Waals surface area contributed by atoms with Gasteiger partial charge in [0.05, 0.1) is 4.88 Å². The molecule has 0 bridgehead atoms. The molecule has 1 radical (unpaired) electrons. The van der Waals surface area contributed by atoms with E-state index in [-0.39, 0.29) is 5.78 Å². The van der Waals surface area contributed by atoms with Crippen molar-refractivity contribution in [3.05, 3.63) is 58.3 Å². The summed E-state index contributed by atoms with van der Waals surface area (Å²) in [5, 5.41) is 1.90. The molecule has 13 heavy (non-hydrogen) atoms. The minimum atomic E-state index is 0.0515. The van der Waals surface area contributed by atoms with Gasteiger partial charge in [0.15, 0.2) is 0 Å². The van der Waals surface area contributed by atoms with Crippen LogP contribution in [0, 0.1) is 6.07 Å². The van der Waals surface area contributed by atoms with Crippen molar-refractivity contribution in [3.63, 3.8) is 0 Å². The first kappa shape index (κ1) is 8.20. The average Bonchev–Trinajstić information content (AvgIpc) is 2.71. The molecule has 0 atom stereocenters. The van der Waals surface area contributed by atoms with Crippen LogP contribution in [0.4, 0.5) is 0 Å². The molecule has 0 saturated carbocycles. The lowest BCUT2D eigenvalue weighted by molar-refractivity contribution is 0.104. The maximum atomic E-state index is 11.7. The van der Waals surface area contributed by atoms with Crippen molar-refractivity contribution in [3.8, 4) is 0 Å². The first-order valence-corrected chi connectivity index (χ1v) is 4.81. The van der Waals surface area contributed by atoms with E-state index in [0.717, 1.165) is 4.88 Å². The number of rotatable bonds is 2. The van der Waals surface area contributed by atoms with E-state index in [1.54, 1.807) is 12.1 Å². The van der Waals surface area contributed by atoms with Crippen LogP contribution in [-0.4, -0.2) is 5.78 Å². The lowest BCUT2D eigenvalue weighted by atomic mass is 10.1. The molecule has 0 N–H and O–H groups in total. The average molecular weight is 187 g/mol. The molecule has 1 heterocycles. The fraction of sp³-hybridized carbons (Fsp3) is 0. The Bertz CT molecular complexity index is 389. The van der Waals surface area contributed by atoms with Crippen LogP contribution in [-0.2, 0) is 0 Å². The molecule has 2 rings (SSSR count). The molecule has 1 nitrogen and oxygen atoms in total. The highest BCUT2D eigenvalue weighted by molar-refractivity contribution is 7.12. The molecule has 0 saturated heterocycles. The zero-order chi connectivity index (χ0) is 9.10. The maximum Gasteiger partial charge on any atom is 0.203 e. The molecule has 0 amide bonds. The van der Waals surface area contributed by atoms with Gasteiger partial charge < -0.3 is 0 Å². The summed E-state index contributed by atoms with van der Waals surface area (Å²) in [5.41, 5.74) is 0.630. The van der Waals surface area contributed by atoms with E-state index in [9.17, 15) is 4.79 Å². The van der Waals surface area contributed by atoms with Crippen molar-refractivity contribution in [1.82, 2.24) is 0 Å². The molecular weight excluding hydrogens is 180 g/mol. The molecule has 0 aliphatic carbocycles. The SMILES string of the molecule is O=C(c1[c]cccc1)c1cccs1. The zero-order valence-corrected chi connectivity index (χ0v) is 7.67. The standard InChI is InChI=1S/C11H7OS/c12-11(10-7-4-8-13-10)9-5-2-1-3-6-9/h1-5,7-8H. The molecule has 0 unspecified atom stereocenters. The zero-order valence-electron chi connectivity index (χ0n) is 6.86. The van der Waals surface area contributed by atoms with Crippen molar-refractivity contribution in [2.24, 2.45) is 0 Å². The van der Waals surface area contributed by atoms with E-state index < -0.39 is 0 Å². The highest BCUT2D eigenvalue weighted by Gasteiger charge is 2.08. The molecule has 1 aromatic heterocycles. The number of benzene rings is 1. The van der Waals surface area contributed by atoms with Gasteiger partial charge in [0, 0.05) is 5.56 Å². The smallest absolute Gasteiger partial charge is 0.203 e. The summed E-state index contributed by atoms with van der Waals surface area (Å²) in [7, 11) is 0. The first-order valence-electron chi connectivity index (χ1n) is 3.93. The van der Waals surface area contributed by atoms with Crippen LogP contribution in [0.3, 0.4) is 0 Å². The summed E-state index contributed by atoms with van der Waals surface area (Å²) >= 11 is 1.46. The third-order valence-electron chi connectivity index (χ3n) is 1.70. The largest absolute Gasteiger partial charge is 0.288 e. The van der Waals surface area contributed by atoms with Crippen LogP contribution < -0.4 is 0 Å². The van der Waals surface area contributed by atoms with E-state index in [4.69, 9.17) is 0 Å². The Hall–Kier alpha value is -1.41. The quantitative estimate of drug-likeness (QED) is 0.661. The van der Waals surface area contributed by atoms with Crippen LogP contribution in [0.25, 0.3) is 0 Å². The highest BCUT2D eigenvalue weighted by Crippen LogP contribution is 2.13. The van der Waals surface area contributed by atoms with Crippen LogP contribution in [0.15, 0.2) is 41.8 Å². The lowest BCUT2D eigenvalue weighted by Gasteiger charge is -1.94. The number of carbonyl (C=O) groups excluding carboxylic acids is 1. The third kappa shape index (κ3) is 1.68. The number of ketones is 1. The maximum absolute atomic E-state index is 11.7. The molecule has 2 heteroatoms. The van der Waals surface area contributed by atoms with Crippen molar-refractivity contribution < 1.29 is 4.79 Å². The highest BCUT2D eigenvalue weighted by atomic mass is 32.1. The Morgan fingerprint density at radius 1 is 1.23 bits per heavy atom. The Morgan fingerprint density at radius 2 is 2.15 bits per heavy atom. The van der Waals surface area contributed by atoms with Crippen molar-refractivity contribution in [2.75, 3.05) is 0 Å². The van der Waals surface area contributed by atoms with Gasteiger partial charge >= 0.3 is 0 Å². The molecule has 0 spiro atoms. The van der Waals surface area contributed by atoms with Crippen LogP contribution in [0.2, 0.25) is 0 Å². The van der Waals surface area contributed by atoms with Crippen LogP contribution >= 0.6 is 11.3 Å². The number of hydrogen-bond donors (Lipinski definition) is 0. The minimum absolute atomic E-state index is 0.0515. The fourth-order valence-electron chi connectivity index (χ4n) is 1.08. The van der Waals surface area contributed by atoms with E-state index in [1.165, 1.54) is 11.3 Å². The van der Waals surface area contributed by atoms with E-state index in [0.29, 0.717) is 5.56 Å². The van der Waals surface area contributed by atoms with Gasteiger partial charge in [-0.15, -0.1) is 11.3 Å². The first-order chi connectivity index (χ1) is 6.38. The minimum Gasteiger partial charge on any atom is -0.288 e. The molecule has 63 valence electrons. The molecule has 0 aliphatic rings. The molecule has 1 aromatic carbocycles. The Labute approximate surface area is 80.7 Å². The second kappa shape index (κ2) is 3.54. The summed E-state index contributed by atoms with van der Waals surface area (Å²) in [6, 6.07) is 13.8. The van der Waals surface area contributed by atoms with Crippen LogP contribution in [0.5, 0.6) is 0 Å². The van der Waals surface area contributed by atoms with Crippen molar-refractivity contribution in [2.45, 2.75) is 0 Å².